The van der Waals surface area contributed by atoms with Crippen molar-refractivity contribution in [1.29, 1.82) is 0 Å². The number of benzene rings is 2. The minimum Gasteiger partial charge on any atom is -0.381 e. The molecule has 6 heteroatoms. The van der Waals surface area contributed by atoms with Crippen molar-refractivity contribution in [1.82, 2.24) is 9.80 Å². The standard InChI is InChI=1S/C24H28BrFN2O2/c25-21-6-4-20(5-7-21)24(10-16-30-17-11-24)23(29)28-13-1-12-27(14-15-28)18-19-2-8-22(26)9-3-19/h2-9H,1,10-18H2. The molecule has 30 heavy (non-hydrogen) atoms. The SMILES string of the molecule is O=C(N1CCCN(Cc2ccc(F)cc2)CC1)C1(c2ccc(Br)cc2)CCOCC1. The van der Waals surface area contributed by atoms with Gasteiger partial charge in [-0.3, -0.25) is 9.69 Å². The Morgan fingerprint density at radius 3 is 2.37 bits per heavy atom. The second kappa shape index (κ2) is 9.58. The fourth-order valence-electron chi connectivity index (χ4n) is 4.60. The van der Waals surface area contributed by atoms with Gasteiger partial charge in [0.1, 0.15) is 5.82 Å². The molecule has 0 spiro atoms. The average molecular weight is 475 g/mol. The van der Waals surface area contributed by atoms with E-state index in [2.05, 4.69) is 37.9 Å². The predicted octanol–water partition coefficient (Wildman–Crippen LogP) is 4.37. The smallest absolute Gasteiger partial charge is 0.233 e. The highest BCUT2D eigenvalue weighted by Gasteiger charge is 2.44. The molecule has 1 amide bonds. The maximum atomic E-state index is 13.8. The third-order valence-electron chi connectivity index (χ3n) is 6.35. The van der Waals surface area contributed by atoms with Crippen LogP contribution in [-0.4, -0.2) is 55.1 Å². The summed E-state index contributed by atoms with van der Waals surface area (Å²) in [5.74, 6) is 0.0258. The van der Waals surface area contributed by atoms with Crippen LogP contribution in [0.1, 0.15) is 30.4 Å². The predicted molar refractivity (Wildman–Crippen MR) is 119 cm³/mol. The summed E-state index contributed by atoms with van der Waals surface area (Å²) in [5, 5.41) is 0. The van der Waals surface area contributed by atoms with Crippen molar-refractivity contribution in [2.24, 2.45) is 0 Å². The van der Waals surface area contributed by atoms with E-state index in [1.165, 1.54) is 12.1 Å². The van der Waals surface area contributed by atoms with Crippen molar-refractivity contribution in [3.63, 3.8) is 0 Å². The van der Waals surface area contributed by atoms with E-state index in [0.29, 0.717) is 13.2 Å². The molecule has 0 unspecified atom stereocenters. The van der Waals surface area contributed by atoms with Gasteiger partial charge in [0, 0.05) is 50.4 Å². The summed E-state index contributed by atoms with van der Waals surface area (Å²) in [5.41, 5.74) is 1.70. The highest BCUT2D eigenvalue weighted by atomic mass is 79.9. The molecule has 0 saturated carbocycles. The van der Waals surface area contributed by atoms with E-state index in [-0.39, 0.29) is 11.7 Å². The largest absolute Gasteiger partial charge is 0.381 e. The van der Waals surface area contributed by atoms with Gasteiger partial charge in [0.05, 0.1) is 5.41 Å². The molecule has 2 saturated heterocycles. The van der Waals surface area contributed by atoms with Crippen LogP contribution in [0.2, 0.25) is 0 Å². The van der Waals surface area contributed by atoms with Gasteiger partial charge in [0.2, 0.25) is 5.91 Å². The topological polar surface area (TPSA) is 32.8 Å². The molecule has 0 atom stereocenters. The van der Waals surface area contributed by atoms with Crippen molar-refractivity contribution in [2.45, 2.75) is 31.2 Å². The van der Waals surface area contributed by atoms with Crippen LogP contribution in [0.25, 0.3) is 0 Å². The molecule has 0 radical (unpaired) electrons. The quantitative estimate of drug-likeness (QED) is 0.659. The number of carbonyl (C=O) groups excluding carboxylic acids is 1. The van der Waals surface area contributed by atoms with Crippen molar-refractivity contribution in [3.05, 3.63) is 69.9 Å². The van der Waals surface area contributed by atoms with Gasteiger partial charge in [-0.1, -0.05) is 40.2 Å². The van der Waals surface area contributed by atoms with Crippen molar-refractivity contribution in [2.75, 3.05) is 39.4 Å². The third-order valence-corrected chi connectivity index (χ3v) is 6.88. The minimum atomic E-state index is -0.495. The summed E-state index contributed by atoms with van der Waals surface area (Å²) in [6.07, 6.45) is 2.40. The first-order chi connectivity index (χ1) is 14.6. The van der Waals surface area contributed by atoms with Crippen molar-refractivity contribution < 1.29 is 13.9 Å². The van der Waals surface area contributed by atoms with Gasteiger partial charge in [-0.2, -0.15) is 0 Å². The normalized spacial score (nSPS) is 20.0. The lowest BCUT2D eigenvalue weighted by Crippen LogP contribution is -2.50. The van der Waals surface area contributed by atoms with E-state index in [1.54, 1.807) is 0 Å². The summed E-state index contributed by atoms with van der Waals surface area (Å²) in [7, 11) is 0. The number of hydrogen-bond acceptors (Lipinski definition) is 3. The Hall–Kier alpha value is -1.76. The Labute approximate surface area is 186 Å². The molecule has 4 rings (SSSR count). The molecule has 0 bridgehead atoms. The second-order valence-electron chi connectivity index (χ2n) is 8.25. The van der Waals surface area contributed by atoms with Gasteiger partial charge in [0.15, 0.2) is 0 Å². The van der Waals surface area contributed by atoms with Crippen LogP contribution in [0.5, 0.6) is 0 Å². The zero-order chi connectivity index (χ0) is 21.0. The van der Waals surface area contributed by atoms with E-state index in [4.69, 9.17) is 4.74 Å². The fourth-order valence-corrected chi connectivity index (χ4v) is 4.86. The zero-order valence-electron chi connectivity index (χ0n) is 17.2. The van der Waals surface area contributed by atoms with Crippen LogP contribution in [0.3, 0.4) is 0 Å². The van der Waals surface area contributed by atoms with Gasteiger partial charge in [0.25, 0.3) is 0 Å². The highest BCUT2D eigenvalue weighted by molar-refractivity contribution is 9.10. The fraction of sp³-hybridized carbons (Fsp3) is 0.458. The maximum absolute atomic E-state index is 13.8. The van der Waals surface area contributed by atoms with Crippen LogP contribution >= 0.6 is 15.9 Å². The summed E-state index contributed by atoms with van der Waals surface area (Å²) < 4.78 is 19.8. The molecular formula is C24H28BrFN2O2. The molecule has 160 valence electrons. The van der Waals surface area contributed by atoms with Gasteiger partial charge in [-0.15, -0.1) is 0 Å². The van der Waals surface area contributed by atoms with E-state index in [0.717, 1.165) is 67.6 Å². The molecule has 2 aliphatic heterocycles. The van der Waals surface area contributed by atoms with Crippen LogP contribution in [-0.2, 0) is 21.5 Å². The molecule has 2 aliphatic rings. The van der Waals surface area contributed by atoms with Crippen molar-refractivity contribution in [3.8, 4) is 0 Å². The molecule has 2 heterocycles. The number of rotatable bonds is 4. The van der Waals surface area contributed by atoms with E-state index in [1.807, 2.05) is 24.3 Å². The first kappa shape index (κ1) is 21.5. The van der Waals surface area contributed by atoms with Crippen LogP contribution in [0.4, 0.5) is 4.39 Å². The van der Waals surface area contributed by atoms with Gasteiger partial charge < -0.3 is 9.64 Å². The second-order valence-corrected chi connectivity index (χ2v) is 9.17. The number of carbonyl (C=O) groups is 1. The first-order valence-corrected chi connectivity index (χ1v) is 11.5. The lowest BCUT2D eigenvalue weighted by Gasteiger charge is -2.40. The molecule has 4 nitrogen and oxygen atoms in total. The zero-order valence-corrected chi connectivity index (χ0v) is 18.7. The Balaban J connectivity index is 1.47. The highest BCUT2D eigenvalue weighted by Crippen LogP contribution is 2.37. The van der Waals surface area contributed by atoms with Gasteiger partial charge in [-0.05, 0) is 54.7 Å². The molecule has 0 N–H and O–H groups in total. The van der Waals surface area contributed by atoms with E-state index >= 15 is 0 Å². The Morgan fingerprint density at radius 1 is 0.967 bits per heavy atom. The molecule has 2 aromatic rings. The van der Waals surface area contributed by atoms with Gasteiger partial charge in [-0.25, -0.2) is 4.39 Å². The molecule has 2 aromatic carbocycles. The molecule has 0 aromatic heterocycles. The first-order valence-electron chi connectivity index (χ1n) is 10.7. The monoisotopic (exact) mass is 474 g/mol. The average Bonchev–Trinajstić information content (AvgIpc) is 3.01. The molecule has 0 aliphatic carbocycles. The number of hydrogen-bond donors (Lipinski definition) is 0. The summed E-state index contributed by atoms with van der Waals surface area (Å²) in [4.78, 5) is 18.2. The summed E-state index contributed by atoms with van der Waals surface area (Å²) >= 11 is 3.50. The Kier molecular flexibility index (Phi) is 6.86. The van der Waals surface area contributed by atoms with Crippen LogP contribution < -0.4 is 0 Å². The Bertz CT molecular complexity index is 851. The molecular weight excluding hydrogens is 447 g/mol. The number of halogens is 2. The number of nitrogens with zero attached hydrogens (tertiary/aromatic N) is 2. The third kappa shape index (κ3) is 4.76. The Morgan fingerprint density at radius 2 is 1.67 bits per heavy atom. The lowest BCUT2D eigenvalue weighted by molar-refractivity contribution is -0.141. The van der Waals surface area contributed by atoms with Gasteiger partial charge >= 0.3 is 0 Å². The van der Waals surface area contributed by atoms with Crippen molar-refractivity contribution >= 4 is 21.8 Å². The summed E-state index contributed by atoms with van der Waals surface area (Å²) in [6, 6.07) is 14.9. The lowest BCUT2D eigenvalue weighted by atomic mass is 9.73. The minimum absolute atomic E-state index is 0.207. The molecule has 2 fully saturated rings. The van der Waals surface area contributed by atoms with E-state index < -0.39 is 5.41 Å². The van der Waals surface area contributed by atoms with Crippen LogP contribution in [0.15, 0.2) is 53.0 Å². The number of ether oxygens (including phenoxy) is 1. The maximum Gasteiger partial charge on any atom is 0.233 e. The van der Waals surface area contributed by atoms with Crippen LogP contribution in [0, 0.1) is 5.82 Å². The number of amides is 1. The van der Waals surface area contributed by atoms with E-state index in [9.17, 15) is 9.18 Å². The summed E-state index contributed by atoms with van der Waals surface area (Å²) in [6.45, 7) is 5.29.